The summed E-state index contributed by atoms with van der Waals surface area (Å²) in [7, 11) is 2.22. The summed E-state index contributed by atoms with van der Waals surface area (Å²) in [5.41, 5.74) is -0.446. The van der Waals surface area contributed by atoms with Crippen molar-refractivity contribution in [3.63, 3.8) is 0 Å². The molecular weight excluding hydrogens is 290 g/mol. The molecule has 0 aromatic heterocycles. The van der Waals surface area contributed by atoms with E-state index in [0.717, 1.165) is 19.1 Å². The second kappa shape index (κ2) is 8.88. The molecule has 2 unspecified atom stereocenters. The number of rotatable bonds is 9. The lowest BCUT2D eigenvalue weighted by molar-refractivity contribution is 0.0514. The van der Waals surface area contributed by atoms with Gasteiger partial charge in [-0.05, 0) is 66.0 Å². The highest BCUT2D eigenvalue weighted by Gasteiger charge is 2.29. The minimum atomic E-state index is -0.446. The number of hydrogen-bond acceptors (Lipinski definition) is 4. The number of hydrogen-bond donors (Lipinski definition) is 2. The third-order valence-corrected chi connectivity index (χ3v) is 4.51. The molecule has 1 amide bonds. The molecule has 0 aromatic rings. The Morgan fingerprint density at radius 3 is 2.26 bits per heavy atom. The van der Waals surface area contributed by atoms with Crippen molar-refractivity contribution in [3.8, 4) is 0 Å². The summed E-state index contributed by atoms with van der Waals surface area (Å²) in [5.74, 6) is 0.912. The summed E-state index contributed by atoms with van der Waals surface area (Å²) in [6.07, 6.45) is 2.36. The molecule has 1 rings (SSSR count). The molecule has 136 valence electrons. The van der Waals surface area contributed by atoms with Gasteiger partial charge in [0.05, 0.1) is 0 Å². The zero-order chi connectivity index (χ0) is 17.6. The molecule has 5 heteroatoms. The van der Waals surface area contributed by atoms with Crippen molar-refractivity contribution >= 4 is 6.09 Å². The molecule has 1 fully saturated rings. The van der Waals surface area contributed by atoms with E-state index in [4.69, 9.17) is 4.74 Å². The smallest absolute Gasteiger partial charge is 0.407 e. The first-order chi connectivity index (χ1) is 10.6. The van der Waals surface area contributed by atoms with Gasteiger partial charge in [0.25, 0.3) is 0 Å². The first-order valence-electron chi connectivity index (χ1n) is 8.99. The Kier molecular flexibility index (Phi) is 7.81. The van der Waals surface area contributed by atoms with E-state index in [1.807, 2.05) is 20.8 Å². The number of alkyl carbamates (subject to hydrolysis) is 1. The van der Waals surface area contributed by atoms with E-state index in [0.29, 0.717) is 24.4 Å². The van der Waals surface area contributed by atoms with Gasteiger partial charge >= 0.3 is 6.09 Å². The van der Waals surface area contributed by atoms with Crippen LogP contribution in [-0.2, 0) is 4.74 Å². The van der Waals surface area contributed by atoms with Crippen LogP contribution in [0.1, 0.15) is 54.4 Å². The average molecular weight is 328 g/mol. The van der Waals surface area contributed by atoms with Gasteiger partial charge in [0.2, 0.25) is 0 Å². The van der Waals surface area contributed by atoms with Gasteiger partial charge in [-0.25, -0.2) is 4.79 Å². The highest BCUT2D eigenvalue weighted by molar-refractivity contribution is 5.67. The Morgan fingerprint density at radius 2 is 1.78 bits per heavy atom. The van der Waals surface area contributed by atoms with Crippen molar-refractivity contribution in [1.82, 2.24) is 15.5 Å². The molecule has 0 bridgehead atoms. The van der Waals surface area contributed by atoms with Crippen LogP contribution in [0.2, 0.25) is 0 Å². The van der Waals surface area contributed by atoms with E-state index in [2.05, 4.69) is 43.4 Å². The van der Waals surface area contributed by atoms with Gasteiger partial charge in [-0.3, -0.25) is 4.90 Å². The maximum atomic E-state index is 11.8. The molecule has 1 aliphatic rings. The van der Waals surface area contributed by atoms with Gasteiger partial charge in [-0.2, -0.15) is 0 Å². The lowest BCUT2D eigenvalue weighted by atomic mass is 9.95. The fraction of sp³-hybridized carbons (Fsp3) is 0.944. The number of carbonyl (C=O) groups excluding carboxylic acids is 1. The molecule has 0 radical (unpaired) electrons. The highest BCUT2D eigenvalue weighted by Crippen LogP contribution is 2.26. The lowest BCUT2D eigenvalue weighted by Gasteiger charge is -2.27. The summed E-state index contributed by atoms with van der Waals surface area (Å²) in [5, 5.41) is 6.47. The average Bonchev–Trinajstić information content (AvgIpc) is 3.23. The van der Waals surface area contributed by atoms with Crippen molar-refractivity contribution in [2.75, 3.05) is 26.7 Å². The van der Waals surface area contributed by atoms with Crippen LogP contribution in [0.5, 0.6) is 0 Å². The Morgan fingerprint density at radius 1 is 1.17 bits per heavy atom. The van der Waals surface area contributed by atoms with Crippen LogP contribution in [-0.4, -0.2) is 55.4 Å². The summed E-state index contributed by atoms with van der Waals surface area (Å²) >= 11 is 0. The Balaban J connectivity index is 2.27. The Hall–Kier alpha value is -0.810. The first kappa shape index (κ1) is 20.2. The fourth-order valence-electron chi connectivity index (χ4n) is 2.54. The van der Waals surface area contributed by atoms with Crippen LogP contribution in [0, 0.1) is 11.8 Å². The Bertz CT molecular complexity index is 362. The monoisotopic (exact) mass is 327 g/mol. The second-order valence-corrected chi connectivity index (χ2v) is 8.29. The minimum absolute atomic E-state index is 0.329. The maximum Gasteiger partial charge on any atom is 0.407 e. The number of nitrogens with one attached hydrogen (secondary N) is 2. The molecule has 0 saturated heterocycles. The molecule has 5 nitrogen and oxygen atoms in total. The van der Waals surface area contributed by atoms with Crippen molar-refractivity contribution in [2.24, 2.45) is 11.8 Å². The first-order valence-corrected chi connectivity index (χ1v) is 8.99. The second-order valence-electron chi connectivity index (χ2n) is 8.29. The normalized spacial score (nSPS) is 18.1. The van der Waals surface area contributed by atoms with E-state index in [1.54, 1.807) is 0 Å². The van der Waals surface area contributed by atoms with Gasteiger partial charge in [-0.1, -0.05) is 13.8 Å². The minimum Gasteiger partial charge on any atom is -0.444 e. The van der Waals surface area contributed by atoms with Crippen molar-refractivity contribution < 1.29 is 9.53 Å². The van der Waals surface area contributed by atoms with Crippen LogP contribution in [0.4, 0.5) is 4.79 Å². The summed E-state index contributed by atoms with van der Waals surface area (Å²) in [6, 6.07) is 1.34. The summed E-state index contributed by atoms with van der Waals surface area (Å²) in [4.78, 5) is 14.2. The fourth-order valence-corrected chi connectivity index (χ4v) is 2.54. The van der Waals surface area contributed by atoms with Crippen LogP contribution < -0.4 is 10.6 Å². The third kappa shape index (κ3) is 8.56. The zero-order valence-corrected chi connectivity index (χ0v) is 16.1. The molecule has 0 aromatic carbocycles. The molecule has 2 N–H and O–H groups in total. The van der Waals surface area contributed by atoms with E-state index in [-0.39, 0.29) is 6.09 Å². The molecule has 0 aliphatic heterocycles. The predicted molar refractivity (Wildman–Crippen MR) is 95.7 cm³/mol. The van der Waals surface area contributed by atoms with Gasteiger partial charge in [0.15, 0.2) is 0 Å². The number of carbonyl (C=O) groups is 1. The van der Waals surface area contributed by atoms with Crippen LogP contribution in [0.25, 0.3) is 0 Å². The lowest BCUT2D eigenvalue weighted by Crippen LogP contribution is -2.43. The molecule has 1 aliphatic carbocycles. The standard InChI is InChI=1S/C18H37N3O2/c1-13(2)15(12-20-17(22)23-18(4,5)6)11-19-10-14(3)21(7)16-8-9-16/h13-16,19H,8-12H2,1-7H3,(H,20,22). The quantitative estimate of drug-likeness (QED) is 0.684. The molecule has 2 atom stereocenters. The van der Waals surface area contributed by atoms with Gasteiger partial charge in [-0.15, -0.1) is 0 Å². The van der Waals surface area contributed by atoms with E-state index >= 15 is 0 Å². The number of amides is 1. The van der Waals surface area contributed by atoms with E-state index in [1.165, 1.54) is 12.8 Å². The van der Waals surface area contributed by atoms with Crippen LogP contribution in [0.15, 0.2) is 0 Å². The highest BCUT2D eigenvalue weighted by atomic mass is 16.6. The number of likely N-dealkylation sites (N-methyl/N-ethyl adjacent to an activating group) is 1. The van der Waals surface area contributed by atoms with Crippen LogP contribution in [0.3, 0.4) is 0 Å². The predicted octanol–water partition coefficient (Wildman–Crippen LogP) is 2.86. The van der Waals surface area contributed by atoms with Crippen molar-refractivity contribution in [1.29, 1.82) is 0 Å². The maximum absolute atomic E-state index is 11.8. The third-order valence-electron chi connectivity index (χ3n) is 4.51. The molecule has 23 heavy (non-hydrogen) atoms. The SMILES string of the molecule is CC(C)C(CNCC(C)N(C)C1CC1)CNC(=O)OC(C)(C)C. The molecular formula is C18H37N3O2. The van der Waals surface area contributed by atoms with Gasteiger partial charge in [0, 0.05) is 25.2 Å². The number of nitrogens with zero attached hydrogens (tertiary/aromatic N) is 1. The van der Waals surface area contributed by atoms with E-state index < -0.39 is 5.60 Å². The summed E-state index contributed by atoms with van der Waals surface area (Å²) in [6.45, 7) is 14.9. The van der Waals surface area contributed by atoms with Crippen molar-refractivity contribution in [3.05, 3.63) is 0 Å². The van der Waals surface area contributed by atoms with E-state index in [9.17, 15) is 4.79 Å². The number of ether oxygens (including phenoxy) is 1. The Labute approximate surface area is 142 Å². The molecule has 0 heterocycles. The van der Waals surface area contributed by atoms with Crippen molar-refractivity contribution in [2.45, 2.75) is 72.1 Å². The molecule has 1 saturated carbocycles. The topological polar surface area (TPSA) is 53.6 Å². The summed E-state index contributed by atoms with van der Waals surface area (Å²) < 4.78 is 5.30. The van der Waals surface area contributed by atoms with Crippen LogP contribution >= 0.6 is 0 Å². The largest absolute Gasteiger partial charge is 0.444 e. The van der Waals surface area contributed by atoms with Gasteiger partial charge in [0.1, 0.15) is 5.60 Å². The zero-order valence-electron chi connectivity index (χ0n) is 16.1. The molecule has 0 spiro atoms. The van der Waals surface area contributed by atoms with Gasteiger partial charge < -0.3 is 15.4 Å².